The fraction of sp³-hybridized carbons (Fsp3) is 0.333. The van der Waals surface area contributed by atoms with Gasteiger partial charge in [0.1, 0.15) is 12.3 Å². The Labute approximate surface area is 105 Å². The first kappa shape index (κ1) is 13.8. The van der Waals surface area contributed by atoms with Gasteiger partial charge in [0.2, 0.25) is 0 Å². The van der Waals surface area contributed by atoms with E-state index < -0.39 is 12.0 Å². The molecule has 1 N–H and O–H groups in total. The summed E-state index contributed by atoms with van der Waals surface area (Å²) in [5.74, 6) is -0.503. The van der Waals surface area contributed by atoms with Crippen molar-refractivity contribution in [1.82, 2.24) is 4.90 Å². The third-order valence-electron chi connectivity index (χ3n) is 2.43. The second-order valence-corrected chi connectivity index (χ2v) is 3.76. The van der Waals surface area contributed by atoms with Gasteiger partial charge in [-0.3, -0.25) is 9.69 Å². The van der Waals surface area contributed by atoms with Gasteiger partial charge < -0.3 is 14.7 Å². The monoisotopic (exact) mass is 252 g/mol. The van der Waals surface area contributed by atoms with Crippen LogP contribution in [-0.4, -0.2) is 49.8 Å². The van der Waals surface area contributed by atoms with Crippen LogP contribution in [0.1, 0.15) is 0 Å². The lowest BCUT2D eigenvalue weighted by Crippen LogP contribution is -2.41. The normalized spacial score (nSPS) is 9.72. The second kappa shape index (κ2) is 5.90. The number of methoxy groups -OCH3 is 1. The van der Waals surface area contributed by atoms with Crippen LogP contribution in [0.25, 0.3) is 0 Å². The molecule has 6 heteroatoms. The molecule has 2 amide bonds. The molecule has 1 aromatic carbocycles. The van der Waals surface area contributed by atoms with E-state index in [2.05, 4.69) is 0 Å². The van der Waals surface area contributed by atoms with Crippen LogP contribution >= 0.6 is 0 Å². The molecule has 0 spiro atoms. The standard InChI is InChI=1S/C12H16N2O4/c1-13(8-11(15)16)12(17)14(2)9-6-4-5-7-10(9)18-3/h4-7H,8H2,1-3H3,(H,15,16). The van der Waals surface area contributed by atoms with Crippen molar-refractivity contribution in [2.45, 2.75) is 0 Å². The number of carbonyl (C=O) groups is 2. The first-order valence-corrected chi connectivity index (χ1v) is 5.31. The van der Waals surface area contributed by atoms with Crippen molar-refractivity contribution < 1.29 is 19.4 Å². The van der Waals surface area contributed by atoms with Crippen molar-refractivity contribution in [2.24, 2.45) is 0 Å². The number of carbonyl (C=O) groups excluding carboxylic acids is 1. The third-order valence-corrected chi connectivity index (χ3v) is 2.43. The fourth-order valence-corrected chi connectivity index (χ4v) is 1.54. The second-order valence-electron chi connectivity index (χ2n) is 3.76. The van der Waals surface area contributed by atoms with Gasteiger partial charge in [0.15, 0.2) is 0 Å². The summed E-state index contributed by atoms with van der Waals surface area (Å²) in [6, 6.07) is 6.61. The first-order chi connectivity index (χ1) is 8.47. The van der Waals surface area contributed by atoms with Crippen LogP contribution in [0.15, 0.2) is 24.3 Å². The summed E-state index contributed by atoms with van der Waals surface area (Å²) < 4.78 is 5.15. The van der Waals surface area contributed by atoms with Gasteiger partial charge in [0.25, 0.3) is 0 Å². The highest BCUT2D eigenvalue weighted by Gasteiger charge is 2.19. The molecule has 0 bridgehead atoms. The average Bonchev–Trinajstić information content (AvgIpc) is 2.36. The molecule has 0 aliphatic heterocycles. The summed E-state index contributed by atoms with van der Waals surface area (Å²) in [5, 5.41) is 8.65. The smallest absolute Gasteiger partial charge is 0.324 e. The summed E-state index contributed by atoms with van der Waals surface area (Å²) in [6.07, 6.45) is 0. The van der Waals surface area contributed by atoms with E-state index in [1.807, 2.05) is 0 Å². The van der Waals surface area contributed by atoms with Crippen LogP contribution in [0, 0.1) is 0 Å². The highest BCUT2D eigenvalue weighted by molar-refractivity contribution is 5.94. The zero-order valence-corrected chi connectivity index (χ0v) is 10.6. The van der Waals surface area contributed by atoms with Gasteiger partial charge >= 0.3 is 12.0 Å². The molecule has 0 heterocycles. The maximum Gasteiger partial charge on any atom is 0.324 e. The number of ether oxygens (including phenoxy) is 1. The van der Waals surface area contributed by atoms with Crippen molar-refractivity contribution in [3.05, 3.63) is 24.3 Å². The van der Waals surface area contributed by atoms with E-state index in [9.17, 15) is 9.59 Å². The number of likely N-dealkylation sites (N-methyl/N-ethyl adjacent to an activating group) is 1. The Hall–Kier alpha value is -2.24. The Morgan fingerprint density at radius 2 is 1.89 bits per heavy atom. The summed E-state index contributed by atoms with van der Waals surface area (Å²) >= 11 is 0. The van der Waals surface area contributed by atoms with E-state index in [0.717, 1.165) is 4.90 Å². The summed E-state index contributed by atoms with van der Waals surface area (Å²) in [5.41, 5.74) is 0.585. The molecule has 0 saturated carbocycles. The van der Waals surface area contributed by atoms with Gasteiger partial charge in [-0.1, -0.05) is 12.1 Å². The molecule has 6 nitrogen and oxygen atoms in total. The molecule has 0 saturated heterocycles. The predicted octanol–water partition coefficient (Wildman–Crippen LogP) is 1.27. The minimum absolute atomic E-state index is 0.349. The highest BCUT2D eigenvalue weighted by atomic mass is 16.5. The number of hydrogen-bond acceptors (Lipinski definition) is 3. The number of para-hydroxylation sites is 2. The van der Waals surface area contributed by atoms with Crippen LogP contribution in [-0.2, 0) is 4.79 Å². The summed E-state index contributed by atoms with van der Waals surface area (Å²) in [4.78, 5) is 25.0. The molecule has 98 valence electrons. The van der Waals surface area contributed by atoms with Crippen molar-refractivity contribution in [3.63, 3.8) is 0 Å². The highest BCUT2D eigenvalue weighted by Crippen LogP contribution is 2.27. The number of carboxylic acid groups (broad SMARTS) is 1. The Bertz CT molecular complexity index is 447. The number of carboxylic acids is 1. The number of aliphatic carboxylic acids is 1. The maximum atomic E-state index is 12.0. The number of hydrogen-bond donors (Lipinski definition) is 1. The van der Waals surface area contributed by atoms with Crippen molar-refractivity contribution in [2.75, 3.05) is 32.6 Å². The summed E-state index contributed by atoms with van der Waals surface area (Å²) in [7, 11) is 4.51. The molecule has 1 rings (SSSR count). The molecule has 0 unspecified atom stereocenters. The lowest BCUT2D eigenvalue weighted by molar-refractivity contribution is -0.137. The number of urea groups is 1. The van der Waals surface area contributed by atoms with Crippen molar-refractivity contribution in [3.8, 4) is 5.75 Å². The van der Waals surface area contributed by atoms with Crippen molar-refractivity contribution in [1.29, 1.82) is 0 Å². The van der Waals surface area contributed by atoms with E-state index in [1.165, 1.54) is 19.1 Å². The largest absolute Gasteiger partial charge is 0.495 e. The Morgan fingerprint density at radius 3 is 2.44 bits per heavy atom. The molecular formula is C12H16N2O4. The molecule has 0 radical (unpaired) electrons. The zero-order chi connectivity index (χ0) is 13.7. The Kier molecular flexibility index (Phi) is 4.53. The maximum absolute atomic E-state index is 12.0. The topological polar surface area (TPSA) is 70.1 Å². The minimum Gasteiger partial charge on any atom is -0.495 e. The lowest BCUT2D eigenvalue weighted by atomic mass is 10.3. The molecule has 1 aromatic rings. The van der Waals surface area contributed by atoms with Gasteiger partial charge in [-0.05, 0) is 12.1 Å². The van der Waals surface area contributed by atoms with E-state index in [4.69, 9.17) is 9.84 Å². The predicted molar refractivity (Wildman–Crippen MR) is 67.1 cm³/mol. The number of rotatable bonds is 4. The minimum atomic E-state index is -1.06. The summed E-state index contributed by atoms with van der Waals surface area (Å²) in [6.45, 7) is -0.349. The quantitative estimate of drug-likeness (QED) is 0.876. The van der Waals surface area contributed by atoms with Crippen LogP contribution in [0.2, 0.25) is 0 Å². The molecule has 0 atom stereocenters. The molecule has 0 aliphatic rings. The molecule has 0 aromatic heterocycles. The Balaban J connectivity index is 2.89. The van der Waals surface area contributed by atoms with E-state index in [0.29, 0.717) is 11.4 Å². The van der Waals surface area contributed by atoms with Gasteiger partial charge in [-0.25, -0.2) is 4.79 Å². The third kappa shape index (κ3) is 3.13. The van der Waals surface area contributed by atoms with E-state index in [1.54, 1.807) is 31.3 Å². The fourth-order valence-electron chi connectivity index (χ4n) is 1.54. The van der Waals surface area contributed by atoms with Crippen LogP contribution in [0.4, 0.5) is 10.5 Å². The van der Waals surface area contributed by atoms with Gasteiger partial charge in [0, 0.05) is 14.1 Å². The van der Waals surface area contributed by atoms with Gasteiger partial charge in [-0.2, -0.15) is 0 Å². The molecule has 18 heavy (non-hydrogen) atoms. The van der Waals surface area contributed by atoms with Crippen LogP contribution in [0.3, 0.4) is 0 Å². The number of nitrogens with zero attached hydrogens (tertiary/aromatic N) is 2. The molecular weight excluding hydrogens is 236 g/mol. The number of benzene rings is 1. The van der Waals surface area contributed by atoms with Gasteiger partial charge in [0.05, 0.1) is 12.8 Å². The van der Waals surface area contributed by atoms with Crippen LogP contribution < -0.4 is 9.64 Å². The average molecular weight is 252 g/mol. The SMILES string of the molecule is COc1ccccc1N(C)C(=O)N(C)CC(=O)O. The van der Waals surface area contributed by atoms with E-state index >= 15 is 0 Å². The molecule has 0 fully saturated rings. The van der Waals surface area contributed by atoms with E-state index in [-0.39, 0.29) is 6.54 Å². The first-order valence-electron chi connectivity index (χ1n) is 5.31. The van der Waals surface area contributed by atoms with Gasteiger partial charge in [-0.15, -0.1) is 0 Å². The zero-order valence-electron chi connectivity index (χ0n) is 10.6. The Morgan fingerprint density at radius 1 is 1.28 bits per heavy atom. The van der Waals surface area contributed by atoms with Crippen molar-refractivity contribution >= 4 is 17.7 Å². The number of anilines is 1. The number of amides is 2. The lowest BCUT2D eigenvalue weighted by Gasteiger charge is -2.24. The van der Waals surface area contributed by atoms with Crippen LogP contribution in [0.5, 0.6) is 5.75 Å². The molecule has 0 aliphatic carbocycles.